The number of methoxy groups -OCH3 is 1. The fourth-order valence-electron chi connectivity index (χ4n) is 1.52. The van der Waals surface area contributed by atoms with Crippen LogP contribution < -0.4 is 0 Å². The summed E-state index contributed by atoms with van der Waals surface area (Å²) in [6, 6.07) is 2.82. The van der Waals surface area contributed by atoms with E-state index >= 15 is 0 Å². The van der Waals surface area contributed by atoms with Gasteiger partial charge in [-0.15, -0.1) is 0 Å². The van der Waals surface area contributed by atoms with Gasteiger partial charge in [-0.25, -0.2) is 13.6 Å². The smallest absolute Gasteiger partial charge is 0.337 e. The Hall–Kier alpha value is -1.50. The zero-order valence-corrected chi connectivity index (χ0v) is 10.2. The molecule has 0 saturated heterocycles. The summed E-state index contributed by atoms with van der Waals surface area (Å²) in [5.74, 6) is -0.547. The molecule has 1 N–H and O–H groups in total. The van der Waals surface area contributed by atoms with Crippen molar-refractivity contribution >= 4 is 32.8 Å². The molecule has 2 rings (SSSR count). The van der Waals surface area contributed by atoms with Gasteiger partial charge in [0.25, 0.3) is 6.43 Å². The fraction of sp³-hybridized carbons (Fsp3) is 0.200. The minimum Gasteiger partial charge on any atom is -0.465 e. The van der Waals surface area contributed by atoms with Crippen LogP contribution in [-0.2, 0) is 4.74 Å². The molecule has 1 heterocycles. The van der Waals surface area contributed by atoms with Gasteiger partial charge in [-0.3, -0.25) is 5.10 Å². The van der Waals surface area contributed by atoms with Gasteiger partial charge in [-0.05, 0) is 28.1 Å². The number of nitrogens with one attached hydrogen (secondary N) is 1. The highest BCUT2D eigenvalue weighted by Crippen LogP contribution is 2.32. The maximum Gasteiger partial charge on any atom is 0.337 e. The molecule has 0 radical (unpaired) electrons. The van der Waals surface area contributed by atoms with Crippen LogP contribution in [0.3, 0.4) is 0 Å². The molecule has 0 amide bonds. The molecule has 0 bridgehead atoms. The average molecular weight is 305 g/mol. The second-order valence-electron chi connectivity index (χ2n) is 3.28. The van der Waals surface area contributed by atoms with Gasteiger partial charge in [0.1, 0.15) is 5.69 Å². The van der Waals surface area contributed by atoms with E-state index in [0.717, 1.165) is 0 Å². The molecule has 7 heteroatoms. The lowest BCUT2D eigenvalue weighted by molar-refractivity contribution is 0.0601. The number of H-pyrrole nitrogens is 1. The Bertz CT molecular complexity index is 583. The van der Waals surface area contributed by atoms with Crippen LogP contribution in [0.25, 0.3) is 10.9 Å². The summed E-state index contributed by atoms with van der Waals surface area (Å²) >= 11 is 3.14. The third-order valence-electron chi connectivity index (χ3n) is 2.27. The normalized spacial score (nSPS) is 11.1. The molecule has 0 atom stereocenters. The Morgan fingerprint density at radius 2 is 2.24 bits per heavy atom. The van der Waals surface area contributed by atoms with E-state index in [4.69, 9.17) is 0 Å². The molecule has 0 spiro atoms. The summed E-state index contributed by atoms with van der Waals surface area (Å²) in [6.45, 7) is 0. The van der Waals surface area contributed by atoms with Crippen LogP contribution in [0.2, 0.25) is 0 Å². The van der Waals surface area contributed by atoms with Crippen molar-refractivity contribution in [3.05, 3.63) is 27.9 Å². The fourth-order valence-corrected chi connectivity index (χ4v) is 2.18. The topological polar surface area (TPSA) is 55.0 Å². The molecule has 2 aromatic rings. The third kappa shape index (κ3) is 2.02. The predicted octanol–water partition coefficient (Wildman–Crippen LogP) is 3.05. The van der Waals surface area contributed by atoms with E-state index in [1.54, 1.807) is 0 Å². The van der Waals surface area contributed by atoms with Crippen LogP contribution in [-0.4, -0.2) is 23.3 Å². The highest BCUT2D eigenvalue weighted by molar-refractivity contribution is 9.10. The predicted molar refractivity (Wildman–Crippen MR) is 60.1 cm³/mol. The largest absolute Gasteiger partial charge is 0.465 e. The number of nitrogens with zero attached hydrogens (tertiary/aromatic N) is 1. The van der Waals surface area contributed by atoms with E-state index in [1.165, 1.54) is 19.2 Å². The quantitative estimate of drug-likeness (QED) is 0.868. The van der Waals surface area contributed by atoms with Gasteiger partial charge >= 0.3 is 5.97 Å². The van der Waals surface area contributed by atoms with Gasteiger partial charge in [0.15, 0.2) is 0 Å². The molecule has 0 fully saturated rings. The van der Waals surface area contributed by atoms with E-state index in [2.05, 4.69) is 30.9 Å². The first-order valence-corrected chi connectivity index (χ1v) is 5.38. The number of carbonyl (C=O) groups is 1. The zero-order chi connectivity index (χ0) is 12.6. The van der Waals surface area contributed by atoms with Gasteiger partial charge in [-0.1, -0.05) is 0 Å². The Kier molecular flexibility index (Phi) is 3.10. The minimum atomic E-state index is -2.65. The van der Waals surface area contributed by atoms with E-state index < -0.39 is 12.4 Å². The highest BCUT2D eigenvalue weighted by atomic mass is 79.9. The zero-order valence-electron chi connectivity index (χ0n) is 8.63. The molecular weight excluding hydrogens is 298 g/mol. The first-order valence-electron chi connectivity index (χ1n) is 4.58. The summed E-state index contributed by atoms with van der Waals surface area (Å²) in [5.41, 5.74) is 0.262. The minimum absolute atomic E-state index is 0.249. The number of halogens is 3. The maximum atomic E-state index is 12.7. The van der Waals surface area contributed by atoms with Crippen molar-refractivity contribution in [1.29, 1.82) is 0 Å². The molecule has 0 aliphatic carbocycles. The molecule has 90 valence electrons. The number of ether oxygens (including phenoxy) is 1. The molecule has 1 aromatic carbocycles. The monoisotopic (exact) mass is 304 g/mol. The van der Waals surface area contributed by atoms with Crippen molar-refractivity contribution in [2.75, 3.05) is 7.11 Å². The molecule has 0 saturated carbocycles. The standard InChI is InChI=1S/C10H7BrF2N2O2/c1-17-10(16)4-2-5(11)7-6(3-4)14-15-8(7)9(12)13/h2-3,9H,1H3,(H,14,15). The van der Waals surface area contributed by atoms with Crippen LogP contribution in [0.1, 0.15) is 22.5 Å². The number of alkyl halides is 2. The number of aromatic amines is 1. The van der Waals surface area contributed by atoms with E-state index in [9.17, 15) is 13.6 Å². The molecule has 0 aliphatic rings. The molecule has 1 aromatic heterocycles. The second-order valence-corrected chi connectivity index (χ2v) is 4.14. The second kappa shape index (κ2) is 4.40. The lowest BCUT2D eigenvalue weighted by Gasteiger charge is -2.02. The van der Waals surface area contributed by atoms with Crippen LogP contribution in [0.5, 0.6) is 0 Å². The maximum absolute atomic E-state index is 12.7. The number of fused-ring (bicyclic) bond motifs is 1. The van der Waals surface area contributed by atoms with Gasteiger partial charge in [0.05, 0.1) is 18.2 Å². The molecule has 17 heavy (non-hydrogen) atoms. The van der Waals surface area contributed by atoms with Gasteiger partial charge in [0, 0.05) is 9.86 Å². The third-order valence-corrected chi connectivity index (χ3v) is 2.90. The Morgan fingerprint density at radius 3 is 2.82 bits per heavy atom. The average Bonchev–Trinajstić information content (AvgIpc) is 2.72. The Labute approximate surface area is 103 Å². The highest BCUT2D eigenvalue weighted by Gasteiger charge is 2.19. The van der Waals surface area contributed by atoms with Crippen LogP contribution in [0.15, 0.2) is 16.6 Å². The first-order chi connectivity index (χ1) is 8.04. The van der Waals surface area contributed by atoms with E-state index in [-0.39, 0.29) is 22.2 Å². The number of hydrogen-bond acceptors (Lipinski definition) is 3. The van der Waals surface area contributed by atoms with Gasteiger partial charge < -0.3 is 4.74 Å². The Morgan fingerprint density at radius 1 is 1.53 bits per heavy atom. The molecular formula is C10H7BrF2N2O2. The van der Waals surface area contributed by atoms with Crippen LogP contribution >= 0.6 is 15.9 Å². The summed E-state index contributed by atoms with van der Waals surface area (Å²) in [4.78, 5) is 11.3. The summed E-state index contributed by atoms with van der Waals surface area (Å²) in [5, 5.41) is 6.26. The lowest BCUT2D eigenvalue weighted by atomic mass is 10.1. The Balaban J connectivity index is 2.65. The van der Waals surface area contributed by atoms with Crippen LogP contribution in [0.4, 0.5) is 8.78 Å². The van der Waals surface area contributed by atoms with Crippen molar-refractivity contribution in [3.8, 4) is 0 Å². The number of rotatable bonds is 2. The number of aromatic nitrogens is 2. The van der Waals surface area contributed by atoms with Gasteiger partial charge in [-0.2, -0.15) is 5.10 Å². The van der Waals surface area contributed by atoms with Crippen molar-refractivity contribution in [2.45, 2.75) is 6.43 Å². The van der Waals surface area contributed by atoms with Crippen molar-refractivity contribution in [2.24, 2.45) is 0 Å². The molecule has 0 unspecified atom stereocenters. The van der Waals surface area contributed by atoms with E-state index in [0.29, 0.717) is 4.47 Å². The summed E-state index contributed by atoms with van der Waals surface area (Å²) in [7, 11) is 1.25. The van der Waals surface area contributed by atoms with Crippen molar-refractivity contribution in [1.82, 2.24) is 10.2 Å². The number of carbonyl (C=O) groups excluding carboxylic acids is 1. The SMILES string of the molecule is COC(=O)c1cc(Br)c2c(C(F)F)[nH]nc2c1. The lowest BCUT2D eigenvalue weighted by Crippen LogP contribution is -2.01. The van der Waals surface area contributed by atoms with Crippen LogP contribution in [0, 0.1) is 0 Å². The number of esters is 1. The molecule has 0 aliphatic heterocycles. The summed E-state index contributed by atoms with van der Waals surface area (Å²) in [6.07, 6.45) is -2.65. The number of hydrogen-bond donors (Lipinski definition) is 1. The number of benzene rings is 1. The summed E-state index contributed by atoms with van der Waals surface area (Å²) < 4.78 is 30.2. The van der Waals surface area contributed by atoms with Crippen molar-refractivity contribution in [3.63, 3.8) is 0 Å². The van der Waals surface area contributed by atoms with Crippen molar-refractivity contribution < 1.29 is 18.3 Å². The van der Waals surface area contributed by atoms with Gasteiger partial charge in [0.2, 0.25) is 0 Å². The molecule has 4 nitrogen and oxygen atoms in total. The first kappa shape index (κ1) is 12.0. The van der Waals surface area contributed by atoms with E-state index in [1.807, 2.05) is 0 Å².